The van der Waals surface area contributed by atoms with Crippen LogP contribution in [0.3, 0.4) is 0 Å². The molecule has 366 valence electrons. The summed E-state index contributed by atoms with van der Waals surface area (Å²) in [6, 6.07) is 9.66. The smallest absolute Gasteiger partial charge is 0.252 e. The summed E-state index contributed by atoms with van der Waals surface area (Å²) >= 11 is 0. The van der Waals surface area contributed by atoms with Gasteiger partial charge in [-0.15, -0.1) is 5.10 Å². The van der Waals surface area contributed by atoms with Crippen LogP contribution >= 0.6 is 0 Å². The lowest BCUT2D eigenvalue weighted by Gasteiger charge is -2.32. The molecule has 2 heterocycles. The molecule has 0 radical (unpaired) electrons. The molecule has 5 amide bonds. The number of hydrogen-bond donors (Lipinski definition) is 8. The molecule has 0 saturated carbocycles. The number of hydrogen-bond acceptors (Lipinski definition) is 14. The van der Waals surface area contributed by atoms with Gasteiger partial charge in [-0.05, 0) is 110 Å². The van der Waals surface area contributed by atoms with Crippen LogP contribution in [0.5, 0.6) is 11.5 Å². The summed E-state index contributed by atoms with van der Waals surface area (Å²) in [5.41, 5.74) is 21.9. The van der Waals surface area contributed by atoms with Crippen LogP contribution in [0.2, 0.25) is 0 Å². The first kappa shape index (κ1) is 52.2. The predicted octanol–water partition coefficient (Wildman–Crippen LogP) is 1.94. The zero-order chi connectivity index (χ0) is 49.3. The first-order chi connectivity index (χ1) is 32.7. The Balaban J connectivity index is 1.54. The van der Waals surface area contributed by atoms with Crippen molar-refractivity contribution in [1.29, 1.82) is 0 Å². The van der Waals surface area contributed by atoms with Crippen molar-refractivity contribution in [2.75, 3.05) is 39.9 Å². The number of nitrogens with one attached hydrogen (secondary N) is 5. The van der Waals surface area contributed by atoms with Crippen LogP contribution in [0.25, 0.3) is 11.1 Å². The predicted molar refractivity (Wildman–Crippen MR) is 254 cm³/mol. The number of aromatic amines is 1. The van der Waals surface area contributed by atoms with Crippen LogP contribution in [0.4, 0.5) is 0 Å². The maximum atomic E-state index is 14.7. The molecule has 0 aliphatic carbocycles. The molecular weight excluding hydrogens is 873 g/mol. The monoisotopic (exact) mass is 939 g/mol. The van der Waals surface area contributed by atoms with Gasteiger partial charge in [0.15, 0.2) is 0 Å². The Kier molecular flexibility index (Phi) is 19.5. The second kappa shape index (κ2) is 25.4. The number of benzene rings is 3. The maximum absolute atomic E-state index is 14.7. The number of ketones is 1. The molecular formula is C48H66N12O8. The molecule has 4 aromatic rings. The van der Waals surface area contributed by atoms with Gasteiger partial charge in [-0.25, -0.2) is 5.10 Å². The highest BCUT2D eigenvalue weighted by Gasteiger charge is 2.36. The number of nitrogens with two attached hydrogens (primary N) is 3. The number of carbonyl (C=O) groups excluding carboxylic acids is 6. The Labute approximate surface area is 396 Å². The van der Waals surface area contributed by atoms with Crippen LogP contribution in [-0.2, 0) is 32.0 Å². The molecule has 5 rings (SSSR count). The molecule has 0 fully saturated rings. The van der Waals surface area contributed by atoms with Crippen molar-refractivity contribution in [3.8, 4) is 22.6 Å². The molecule has 11 N–H and O–H groups in total. The van der Waals surface area contributed by atoms with Gasteiger partial charge in [0.25, 0.3) is 5.91 Å². The van der Waals surface area contributed by atoms with E-state index in [9.17, 15) is 28.8 Å². The second-order valence-electron chi connectivity index (χ2n) is 17.0. The number of unbranched alkanes of at least 4 members (excludes halogenated alkanes) is 4. The topological polar surface area (TPSA) is 305 Å². The number of nitrogens with zero attached hydrogens (tertiary/aromatic N) is 4. The summed E-state index contributed by atoms with van der Waals surface area (Å²) in [5, 5.41) is 23.8. The number of aryl methyl sites for hydroxylation is 2. The van der Waals surface area contributed by atoms with Crippen LogP contribution in [0, 0.1) is 6.92 Å². The minimum absolute atomic E-state index is 0.0345. The molecule has 1 aliphatic rings. The lowest BCUT2D eigenvalue weighted by Crippen LogP contribution is -2.57. The largest absolute Gasteiger partial charge is 0.492 e. The molecule has 20 heteroatoms. The van der Waals surface area contributed by atoms with E-state index in [1.54, 1.807) is 42.5 Å². The number of carbonyl (C=O) groups is 6. The molecule has 3 aromatic carbocycles. The van der Waals surface area contributed by atoms with E-state index in [1.165, 1.54) is 45.1 Å². The molecule has 0 saturated heterocycles. The van der Waals surface area contributed by atoms with Crippen LogP contribution in [0.1, 0.15) is 109 Å². The van der Waals surface area contributed by atoms with Gasteiger partial charge in [-0.2, -0.15) is 0 Å². The molecule has 1 aromatic heterocycles. The van der Waals surface area contributed by atoms with E-state index >= 15 is 0 Å². The number of H-pyrrole nitrogens is 1. The average molecular weight is 939 g/mol. The van der Waals surface area contributed by atoms with E-state index in [0.717, 1.165) is 30.4 Å². The highest BCUT2D eigenvalue weighted by Crippen LogP contribution is 2.40. The SMILES string of the molecule is CCCCCCCc1ccc(C(=O)N[C@@H](CCN)C(=O)N(C)[C@@H]2C(=O)N[C@@H](C)C(=O)N[C@H](C(=O)N[C@@H](C)C(=O)c3nnn[nH]3)Cc3ccc(OCCN)c(c3)-c3cc2ccc3OCCN)c(C)c1. The van der Waals surface area contributed by atoms with Crippen LogP contribution in [0.15, 0.2) is 54.6 Å². The Morgan fingerprint density at radius 1 is 0.853 bits per heavy atom. The number of tetrazole rings is 1. The van der Waals surface area contributed by atoms with Gasteiger partial charge < -0.3 is 52.8 Å². The van der Waals surface area contributed by atoms with Crippen molar-refractivity contribution in [1.82, 2.24) is 46.8 Å². The van der Waals surface area contributed by atoms with Crippen molar-refractivity contribution in [3.05, 3.63) is 88.2 Å². The Hall–Kier alpha value is -6.77. The van der Waals surface area contributed by atoms with Gasteiger partial charge >= 0.3 is 0 Å². The van der Waals surface area contributed by atoms with Gasteiger partial charge in [-0.1, -0.05) is 56.9 Å². The summed E-state index contributed by atoms with van der Waals surface area (Å²) in [4.78, 5) is 85.4. The fourth-order valence-electron chi connectivity index (χ4n) is 8.03. The van der Waals surface area contributed by atoms with E-state index in [2.05, 4.69) is 48.8 Å². The van der Waals surface area contributed by atoms with Gasteiger partial charge in [0, 0.05) is 43.2 Å². The van der Waals surface area contributed by atoms with Crippen molar-refractivity contribution < 1.29 is 38.2 Å². The maximum Gasteiger partial charge on any atom is 0.252 e. The Morgan fingerprint density at radius 2 is 1.54 bits per heavy atom. The van der Waals surface area contributed by atoms with Crippen LogP contribution < -0.4 is 47.9 Å². The number of likely N-dealkylation sites (N-methyl/N-ethyl adjacent to an activating group) is 1. The highest BCUT2D eigenvalue weighted by atomic mass is 16.5. The van der Waals surface area contributed by atoms with Crippen molar-refractivity contribution in [2.24, 2.45) is 17.2 Å². The van der Waals surface area contributed by atoms with E-state index in [1.807, 2.05) is 19.1 Å². The number of rotatable bonds is 22. The standard InChI is InChI=1S/C48H66N12O8/c1-6-7-8-9-10-11-31-12-15-34(28(2)24-31)45(63)54-37(18-19-49)48(66)60(5)41-33-14-17-40(68-23-21-51)36(27-33)35-25-32(13-16-39(35)67-22-20-50)26-38(55-44(62)30(4)53-47(41)65)46(64)52-29(3)42(61)43-56-58-59-57-43/h12-17,24-25,27,29-30,37-38,41H,6-11,18-23,26,49-51H2,1-5H3,(H,52,64)(H,53,65)(H,54,63)(H,55,62)(H,56,57,58,59)/t29-,30-,37-,38-,41-/m0/s1. The van der Waals surface area contributed by atoms with Gasteiger partial charge in [0.2, 0.25) is 35.2 Å². The first-order valence-corrected chi connectivity index (χ1v) is 23.2. The molecule has 4 bridgehead atoms. The summed E-state index contributed by atoms with van der Waals surface area (Å²) in [5.74, 6) is -3.32. The molecule has 1 aliphatic heterocycles. The summed E-state index contributed by atoms with van der Waals surface area (Å²) in [7, 11) is 1.43. The number of aromatic nitrogens is 4. The minimum Gasteiger partial charge on any atom is -0.492 e. The normalized spacial score (nSPS) is 16.9. The number of ether oxygens (including phenoxy) is 2. The van der Waals surface area contributed by atoms with Gasteiger partial charge in [0.1, 0.15) is 48.9 Å². The lowest BCUT2D eigenvalue weighted by molar-refractivity contribution is -0.141. The zero-order valence-electron chi connectivity index (χ0n) is 39.6. The first-order valence-electron chi connectivity index (χ1n) is 23.2. The third-order valence-electron chi connectivity index (χ3n) is 11.7. The van der Waals surface area contributed by atoms with E-state index < -0.39 is 65.5 Å². The summed E-state index contributed by atoms with van der Waals surface area (Å²) in [6.07, 6.45) is 6.61. The highest BCUT2D eigenvalue weighted by molar-refractivity contribution is 6.01. The average Bonchev–Trinajstić information content (AvgIpc) is 3.87. The third-order valence-corrected chi connectivity index (χ3v) is 11.7. The van der Waals surface area contributed by atoms with Gasteiger partial charge in [-0.3, -0.25) is 28.8 Å². The Morgan fingerprint density at radius 3 is 2.19 bits per heavy atom. The van der Waals surface area contributed by atoms with Gasteiger partial charge in [0.05, 0.1) is 6.04 Å². The fourth-order valence-corrected chi connectivity index (χ4v) is 8.03. The number of fused-ring (bicyclic) bond motifs is 5. The zero-order valence-corrected chi connectivity index (χ0v) is 39.6. The summed E-state index contributed by atoms with van der Waals surface area (Å²) in [6.45, 7) is 7.58. The van der Waals surface area contributed by atoms with Crippen molar-refractivity contribution in [3.63, 3.8) is 0 Å². The molecule has 0 spiro atoms. The second-order valence-corrected chi connectivity index (χ2v) is 17.0. The van der Waals surface area contributed by atoms with Crippen molar-refractivity contribution >= 4 is 35.3 Å². The fraction of sp³-hybridized carbons (Fsp3) is 0.479. The van der Waals surface area contributed by atoms with E-state index in [4.69, 9.17) is 26.7 Å². The van der Waals surface area contributed by atoms with Crippen LogP contribution in [-0.4, -0.2) is 125 Å². The molecule has 0 unspecified atom stereocenters. The van der Waals surface area contributed by atoms with E-state index in [0.29, 0.717) is 39.3 Å². The summed E-state index contributed by atoms with van der Waals surface area (Å²) < 4.78 is 12.3. The molecule has 20 nitrogen and oxygen atoms in total. The number of Topliss-reactive ketones (excluding diaryl/α,β-unsaturated/α-hetero) is 1. The van der Waals surface area contributed by atoms with Crippen molar-refractivity contribution in [2.45, 2.75) is 109 Å². The molecule has 5 atom stereocenters. The Bertz CT molecular complexity index is 2380. The lowest BCUT2D eigenvalue weighted by atomic mass is 9.93. The van der Waals surface area contributed by atoms with E-state index in [-0.39, 0.29) is 51.5 Å². The quantitative estimate of drug-likeness (QED) is 0.0413. The third kappa shape index (κ3) is 13.7. The number of amides is 5. The minimum atomic E-state index is -1.40. The molecule has 68 heavy (non-hydrogen) atoms.